The first kappa shape index (κ1) is 28.4. The summed E-state index contributed by atoms with van der Waals surface area (Å²) in [7, 11) is -2.59. The number of sulfone groups is 1. The quantitative estimate of drug-likeness (QED) is 0.299. The third-order valence-electron chi connectivity index (χ3n) is 6.72. The number of halogens is 2. The molecule has 2 heterocycles. The number of benzene rings is 2. The highest BCUT2D eigenvalue weighted by atomic mass is 35.5. The Morgan fingerprint density at radius 1 is 1.10 bits per heavy atom. The minimum Gasteiger partial charge on any atom is -0.495 e. The van der Waals surface area contributed by atoms with Crippen LogP contribution in [0, 0.1) is 0 Å². The van der Waals surface area contributed by atoms with Crippen molar-refractivity contribution in [3.63, 3.8) is 0 Å². The number of rotatable bonds is 9. The highest BCUT2D eigenvalue weighted by Crippen LogP contribution is 2.34. The van der Waals surface area contributed by atoms with Gasteiger partial charge >= 0.3 is 0 Å². The van der Waals surface area contributed by atoms with E-state index in [9.17, 15) is 13.2 Å². The number of methoxy groups -OCH3 is 1. The summed E-state index contributed by atoms with van der Waals surface area (Å²) in [6, 6.07) is 13.6. The molecule has 5 rings (SSSR count). The Balaban J connectivity index is 1.28. The molecule has 41 heavy (non-hydrogen) atoms. The zero-order valence-electron chi connectivity index (χ0n) is 22.2. The van der Waals surface area contributed by atoms with Crippen LogP contribution in [0.25, 0.3) is 17.0 Å². The normalized spacial score (nSPS) is 14.3. The molecule has 9 nitrogen and oxygen atoms in total. The second-order valence-electron chi connectivity index (χ2n) is 9.53. The first-order chi connectivity index (χ1) is 19.7. The van der Waals surface area contributed by atoms with Crippen molar-refractivity contribution in [3.8, 4) is 17.1 Å². The molecule has 2 aromatic carbocycles. The van der Waals surface area contributed by atoms with Crippen molar-refractivity contribution in [2.24, 2.45) is 0 Å². The first-order valence-corrected chi connectivity index (χ1v) is 14.9. The molecule has 2 aromatic heterocycles. The van der Waals surface area contributed by atoms with Gasteiger partial charge in [0.05, 0.1) is 42.0 Å². The van der Waals surface area contributed by atoms with Gasteiger partial charge in [-0.25, -0.2) is 22.8 Å². The van der Waals surface area contributed by atoms with Crippen LogP contribution >= 0.6 is 11.6 Å². The van der Waals surface area contributed by atoms with Crippen molar-refractivity contribution in [1.29, 1.82) is 0 Å². The zero-order chi connectivity index (χ0) is 29.0. The van der Waals surface area contributed by atoms with E-state index in [1.165, 1.54) is 25.3 Å². The van der Waals surface area contributed by atoms with E-state index < -0.39 is 33.9 Å². The molecule has 4 aromatic rings. The fraction of sp³-hybridized carbons (Fsp3) is 0.241. The molecule has 0 unspecified atom stereocenters. The summed E-state index contributed by atoms with van der Waals surface area (Å²) in [4.78, 5) is 21.3. The third kappa shape index (κ3) is 6.47. The number of aromatic nitrogens is 4. The zero-order valence-corrected chi connectivity index (χ0v) is 23.8. The molecule has 12 heteroatoms. The van der Waals surface area contributed by atoms with Crippen molar-refractivity contribution in [2.45, 2.75) is 30.7 Å². The van der Waals surface area contributed by atoms with E-state index in [4.69, 9.17) is 16.3 Å². The number of carbonyl (C=O) groups is 1. The smallest absolute Gasteiger partial charge is 0.235 e. The summed E-state index contributed by atoms with van der Waals surface area (Å²) in [5, 5.41) is 6.98. The number of amides is 1. The van der Waals surface area contributed by atoms with Crippen molar-refractivity contribution in [2.75, 3.05) is 19.4 Å². The molecule has 0 spiro atoms. The first-order valence-electron chi connectivity index (χ1n) is 12.9. The van der Waals surface area contributed by atoms with Gasteiger partial charge in [0.15, 0.2) is 15.7 Å². The largest absolute Gasteiger partial charge is 0.495 e. The molecule has 0 bridgehead atoms. The van der Waals surface area contributed by atoms with Gasteiger partial charge in [0, 0.05) is 29.1 Å². The molecule has 1 aliphatic carbocycles. The maximum atomic E-state index is 15.5. The Morgan fingerprint density at radius 3 is 2.56 bits per heavy atom. The molecule has 212 valence electrons. The second-order valence-corrected chi connectivity index (χ2v) is 11.9. The van der Waals surface area contributed by atoms with Gasteiger partial charge in [-0.2, -0.15) is 5.10 Å². The summed E-state index contributed by atoms with van der Waals surface area (Å²) in [5.74, 6) is -1.29. The number of hydrogen-bond donors (Lipinski definition) is 1. The summed E-state index contributed by atoms with van der Waals surface area (Å²) in [5.41, 5.74) is 3.73. The van der Waals surface area contributed by atoms with Crippen LogP contribution in [0.3, 0.4) is 0 Å². The van der Waals surface area contributed by atoms with E-state index in [2.05, 4.69) is 20.4 Å². The minimum atomic E-state index is -4.00. The maximum absolute atomic E-state index is 15.5. The summed E-state index contributed by atoms with van der Waals surface area (Å²) >= 11 is 6.03. The molecule has 0 radical (unpaired) electrons. The van der Waals surface area contributed by atoms with Gasteiger partial charge in [-0.3, -0.25) is 9.48 Å². The molecule has 0 saturated carbocycles. The number of carbonyl (C=O) groups excluding carboxylic acids is 1. The van der Waals surface area contributed by atoms with E-state index in [1.54, 1.807) is 23.3 Å². The molecule has 1 N–H and O–H groups in total. The highest BCUT2D eigenvalue weighted by molar-refractivity contribution is 7.92. The Labute approximate surface area is 242 Å². The molecule has 0 aliphatic heterocycles. The Kier molecular flexibility index (Phi) is 8.46. The van der Waals surface area contributed by atoms with Crippen molar-refractivity contribution in [3.05, 3.63) is 94.8 Å². The van der Waals surface area contributed by atoms with Crippen LogP contribution < -0.4 is 10.1 Å². The van der Waals surface area contributed by atoms with Crippen LogP contribution in [0.15, 0.2) is 77.8 Å². The molecular formula is C29H27ClFN5O4S. The van der Waals surface area contributed by atoms with Gasteiger partial charge in [0.25, 0.3) is 0 Å². The molecule has 1 aliphatic rings. The number of nitrogens with one attached hydrogen (secondary N) is 1. The molecule has 1 amide bonds. The van der Waals surface area contributed by atoms with Crippen LogP contribution in [-0.4, -0.2) is 53.5 Å². The van der Waals surface area contributed by atoms with Crippen LogP contribution in [0.2, 0.25) is 5.02 Å². The van der Waals surface area contributed by atoms with E-state index in [0.29, 0.717) is 35.8 Å². The lowest BCUT2D eigenvalue weighted by Crippen LogP contribution is -2.31. The standard InChI is InChI=1S/C29H27ClFN5O4S/c1-40-26-11-10-22(12-24(26)30)41(38,39)18-27(37)32-16-25(31)23-9-5-8-21-15-35-36(28(21)23)17-19-13-33-29(34-14-19)20-6-3-2-4-7-20/h2-4,6-7,10-15H,5,8-9,16-18H2,1H3,(H,32,37)/b25-23-. The molecule has 0 fully saturated rings. The average Bonchev–Trinajstić information content (AvgIpc) is 3.39. The molecular weight excluding hydrogens is 569 g/mol. The number of ether oxygens (including phenoxy) is 1. The van der Waals surface area contributed by atoms with Gasteiger partial charge in [-0.05, 0) is 43.0 Å². The van der Waals surface area contributed by atoms with Crippen LogP contribution in [-0.2, 0) is 27.6 Å². The molecule has 0 saturated heterocycles. The summed E-state index contributed by atoms with van der Waals surface area (Å²) in [6.45, 7) is -0.0945. The van der Waals surface area contributed by atoms with Gasteiger partial charge in [0.1, 0.15) is 17.3 Å². The lowest BCUT2D eigenvalue weighted by atomic mass is 9.92. The third-order valence-corrected chi connectivity index (χ3v) is 8.63. The Bertz CT molecular complexity index is 1710. The predicted octanol–water partition coefficient (Wildman–Crippen LogP) is 4.66. The Morgan fingerprint density at radius 2 is 1.85 bits per heavy atom. The number of fused-ring (bicyclic) bond motifs is 1. The van der Waals surface area contributed by atoms with E-state index >= 15 is 4.39 Å². The van der Waals surface area contributed by atoms with E-state index in [1.807, 2.05) is 30.3 Å². The van der Waals surface area contributed by atoms with E-state index in [0.717, 1.165) is 29.5 Å². The Hall–Kier alpha value is -4.09. The van der Waals surface area contributed by atoms with Crippen LogP contribution in [0.1, 0.15) is 29.7 Å². The average molecular weight is 596 g/mol. The predicted molar refractivity (Wildman–Crippen MR) is 153 cm³/mol. The minimum absolute atomic E-state index is 0.105. The number of aryl methyl sites for hydroxylation is 1. The second kappa shape index (κ2) is 12.2. The fourth-order valence-corrected chi connectivity index (χ4v) is 6.20. The highest BCUT2D eigenvalue weighted by Gasteiger charge is 2.25. The topological polar surface area (TPSA) is 116 Å². The maximum Gasteiger partial charge on any atom is 0.235 e. The summed E-state index contributed by atoms with van der Waals surface area (Å²) < 4.78 is 47.6. The van der Waals surface area contributed by atoms with Crippen molar-refractivity contribution in [1.82, 2.24) is 25.1 Å². The van der Waals surface area contributed by atoms with Crippen LogP contribution in [0.5, 0.6) is 5.75 Å². The van der Waals surface area contributed by atoms with E-state index in [-0.39, 0.29) is 9.92 Å². The fourth-order valence-electron chi connectivity index (χ4n) is 4.69. The van der Waals surface area contributed by atoms with Gasteiger partial charge in [0.2, 0.25) is 5.91 Å². The summed E-state index contributed by atoms with van der Waals surface area (Å²) in [6.07, 6.45) is 7.13. The van der Waals surface area contributed by atoms with Crippen LogP contribution in [0.4, 0.5) is 4.39 Å². The molecule has 0 atom stereocenters. The SMILES string of the molecule is COc1ccc(S(=O)(=O)CC(=O)NC/C(F)=C2\CCCc3cnn(Cc4cnc(-c5ccccc5)nc4)c32)cc1Cl. The van der Waals surface area contributed by atoms with Gasteiger partial charge in [-0.1, -0.05) is 41.9 Å². The van der Waals surface area contributed by atoms with Gasteiger partial charge < -0.3 is 10.1 Å². The lowest BCUT2D eigenvalue weighted by Gasteiger charge is -2.19. The number of hydrogen-bond acceptors (Lipinski definition) is 7. The van der Waals surface area contributed by atoms with Crippen molar-refractivity contribution < 1.29 is 22.3 Å². The lowest BCUT2D eigenvalue weighted by molar-refractivity contribution is -0.118. The van der Waals surface area contributed by atoms with Crippen molar-refractivity contribution >= 4 is 32.9 Å². The monoisotopic (exact) mass is 595 g/mol. The number of nitrogens with zero attached hydrogens (tertiary/aromatic N) is 4. The van der Waals surface area contributed by atoms with Gasteiger partial charge in [-0.15, -0.1) is 0 Å². The number of allylic oxidation sites excluding steroid dienone is 1.